The number of para-hydroxylation sites is 1. The summed E-state index contributed by atoms with van der Waals surface area (Å²) in [5, 5.41) is 2.96. The molecule has 2 atom stereocenters. The maximum Gasteiger partial charge on any atom is 0.418 e. The average molecular weight is 370 g/mol. The number of carbonyl (C=O) groups excluding carboxylic acids is 1. The molecule has 8 heteroatoms. The number of hydrogen-bond donors (Lipinski definition) is 3. The molecule has 2 aromatic rings. The number of hydrazine groups is 1. The van der Waals surface area contributed by atoms with E-state index in [1.807, 2.05) is 12.1 Å². The minimum absolute atomic E-state index is 0.133. The molecule has 0 saturated carbocycles. The molecule has 4 nitrogen and oxygen atoms in total. The fourth-order valence-electron chi connectivity index (χ4n) is 2.70. The number of benzene rings is 2. The van der Waals surface area contributed by atoms with Gasteiger partial charge in [0.15, 0.2) is 0 Å². The monoisotopic (exact) mass is 369 g/mol. The van der Waals surface area contributed by atoms with Gasteiger partial charge in [-0.05, 0) is 36.2 Å². The Morgan fingerprint density at radius 3 is 2.44 bits per heavy atom. The van der Waals surface area contributed by atoms with Crippen LogP contribution in [0.15, 0.2) is 48.5 Å². The normalized spacial score (nSPS) is 20.5. The zero-order valence-corrected chi connectivity index (χ0v) is 13.7. The topological polar surface area (TPSA) is 53.2 Å². The van der Waals surface area contributed by atoms with Gasteiger partial charge in [-0.25, -0.2) is 10.9 Å². The van der Waals surface area contributed by atoms with Crippen LogP contribution in [-0.2, 0) is 11.0 Å². The third-order valence-electron chi connectivity index (χ3n) is 3.98. The Hall–Kier alpha value is -2.09. The van der Waals surface area contributed by atoms with Crippen molar-refractivity contribution in [2.45, 2.75) is 24.7 Å². The number of anilines is 1. The molecule has 3 rings (SSSR count). The van der Waals surface area contributed by atoms with Gasteiger partial charge >= 0.3 is 6.18 Å². The fraction of sp³-hybridized carbons (Fsp3) is 0.235. The van der Waals surface area contributed by atoms with Crippen LogP contribution in [0.5, 0.6) is 0 Å². The van der Waals surface area contributed by atoms with Crippen LogP contribution in [0.3, 0.4) is 0 Å². The summed E-state index contributed by atoms with van der Waals surface area (Å²) in [5.74, 6) is -0.527. The maximum absolute atomic E-state index is 13.0. The Labute approximate surface area is 147 Å². The van der Waals surface area contributed by atoms with Gasteiger partial charge in [0.2, 0.25) is 5.91 Å². The lowest BCUT2D eigenvalue weighted by molar-refractivity contribution is -0.137. The van der Waals surface area contributed by atoms with Crippen molar-refractivity contribution in [3.8, 4) is 0 Å². The number of amides is 1. The summed E-state index contributed by atoms with van der Waals surface area (Å²) in [6.07, 6.45) is -4.13. The predicted octanol–water partition coefficient (Wildman–Crippen LogP) is 3.91. The van der Waals surface area contributed by atoms with Gasteiger partial charge in [0.25, 0.3) is 0 Å². The molecular formula is C17H15ClF3N3O. The van der Waals surface area contributed by atoms with Crippen molar-refractivity contribution in [2.24, 2.45) is 0 Å². The van der Waals surface area contributed by atoms with Crippen LogP contribution in [0.2, 0.25) is 5.02 Å². The molecule has 2 aromatic carbocycles. The van der Waals surface area contributed by atoms with E-state index < -0.39 is 23.7 Å². The standard InChI is InChI=1S/C17H15ClF3N3O/c18-11-7-5-10(6-8-11)14-9-15(24-23-14)16(25)22-13-4-2-1-3-12(13)17(19,20)21/h1-8,14-15,23-24H,9H2,(H,22,25). The van der Waals surface area contributed by atoms with E-state index in [4.69, 9.17) is 11.6 Å². The van der Waals surface area contributed by atoms with Gasteiger partial charge in [-0.3, -0.25) is 4.79 Å². The van der Waals surface area contributed by atoms with E-state index in [-0.39, 0.29) is 11.7 Å². The second kappa shape index (κ2) is 7.03. The lowest BCUT2D eigenvalue weighted by atomic mass is 10.0. The Balaban J connectivity index is 1.68. The molecule has 0 aliphatic carbocycles. The highest BCUT2D eigenvalue weighted by Crippen LogP contribution is 2.35. The van der Waals surface area contributed by atoms with E-state index in [0.29, 0.717) is 11.4 Å². The molecule has 25 heavy (non-hydrogen) atoms. The number of halogens is 4. The third kappa shape index (κ3) is 4.12. The summed E-state index contributed by atoms with van der Waals surface area (Å²) in [4.78, 5) is 12.3. The summed E-state index contributed by atoms with van der Waals surface area (Å²) < 4.78 is 39.0. The van der Waals surface area contributed by atoms with Crippen LogP contribution in [0.25, 0.3) is 0 Å². The summed E-state index contributed by atoms with van der Waals surface area (Å²) in [7, 11) is 0. The van der Waals surface area contributed by atoms with Crippen molar-refractivity contribution in [3.63, 3.8) is 0 Å². The molecule has 1 aliphatic heterocycles. The Morgan fingerprint density at radius 1 is 1.08 bits per heavy atom. The molecule has 1 aliphatic rings. The van der Waals surface area contributed by atoms with Gasteiger partial charge in [0.1, 0.15) is 6.04 Å². The van der Waals surface area contributed by atoms with E-state index in [9.17, 15) is 18.0 Å². The lowest BCUT2D eigenvalue weighted by Crippen LogP contribution is -2.39. The number of alkyl halides is 3. The molecule has 0 radical (unpaired) electrons. The van der Waals surface area contributed by atoms with Gasteiger partial charge < -0.3 is 5.32 Å². The van der Waals surface area contributed by atoms with Crippen molar-refractivity contribution in [1.29, 1.82) is 0 Å². The van der Waals surface area contributed by atoms with Gasteiger partial charge in [-0.1, -0.05) is 35.9 Å². The Kier molecular flexibility index (Phi) is 4.99. The first-order chi connectivity index (χ1) is 11.8. The van der Waals surface area contributed by atoms with Crippen LogP contribution < -0.4 is 16.2 Å². The maximum atomic E-state index is 13.0. The van der Waals surface area contributed by atoms with Crippen LogP contribution >= 0.6 is 11.6 Å². The molecule has 1 amide bonds. The van der Waals surface area contributed by atoms with Gasteiger partial charge in [-0.2, -0.15) is 13.2 Å². The van der Waals surface area contributed by atoms with E-state index in [1.54, 1.807) is 12.1 Å². The quantitative estimate of drug-likeness (QED) is 0.769. The van der Waals surface area contributed by atoms with Crippen LogP contribution in [0.4, 0.5) is 18.9 Å². The first-order valence-corrected chi connectivity index (χ1v) is 7.96. The summed E-state index contributed by atoms with van der Waals surface area (Å²) in [5.41, 5.74) is 5.61. The molecule has 0 spiro atoms. The van der Waals surface area contributed by atoms with Gasteiger partial charge in [0.05, 0.1) is 11.3 Å². The predicted molar refractivity (Wildman–Crippen MR) is 88.9 cm³/mol. The molecule has 3 N–H and O–H groups in total. The Bertz CT molecular complexity index is 764. The Morgan fingerprint density at radius 2 is 1.76 bits per heavy atom. The number of carbonyl (C=O) groups is 1. The highest BCUT2D eigenvalue weighted by molar-refractivity contribution is 6.30. The molecule has 2 unspecified atom stereocenters. The minimum atomic E-state index is -4.53. The summed E-state index contributed by atoms with van der Waals surface area (Å²) in [6.45, 7) is 0. The first kappa shape index (κ1) is 17.7. The number of nitrogens with one attached hydrogen (secondary N) is 3. The zero-order valence-electron chi connectivity index (χ0n) is 12.9. The lowest BCUT2D eigenvalue weighted by Gasteiger charge is -2.15. The van der Waals surface area contributed by atoms with E-state index >= 15 is 0 Å². The molecular weight excluding hydrogens is 355 g/mol. The molecule has 1 saturated heterocycles. The van der Waals surface area contributed by atoms with Gasteiger partial charge in [0, 0.05) is 11.1 Å². The van der Waals surface area contributed by atoms with E-state index in [1.165, 1.54) is 18.2 Å². The summed E-state index contributed by atoms with van der Waals surface area (Å²) in [6, 6.07) is 11.3. The van der Waals surface area contributed by atoms with Crippen molar-refractivity contribution in [2.75, 3.05) is 5.32 Å². The average Bonchev–Trinajstić information content (AvgIpc) is 3.05. The van der Waals surface area contributed by atoms with Crippen molar-refractivity contribution >= 4 is 23.2 Å². The zero-order chi connectivity index (χ0) is 18.0. The fourth-order valence-corrected chi connectivity index (χ4v) is 2.83. The second-order valence-electron chi connectivity index (χ2n) is 5.71. The smallest absolute Gasteiger partial charge is 0.324 e. The highest BCUT2D eigenvalue weighted by atomic mass is 35.5. The van der Waals surface area contributed by atoms with Crippen LogP contribution in [0.1, 0.15) is 23.6 Å². The largest absolute Gasteiger partial charge is 0.418 e. The van der Waals surface area contributed by atoms with E-state index in [2.05, 4.69) is 16.2 Å². The summed E-state index contributed by atoms with van der Waals surface area (Å²) >= 11 is 5.85. The molecule has 0 bridgehead atoms. The van der Waals surface area contributed by atoms with Gasteiger partial charge in [-0.15, -0.1) is 0 Å². The third-order valence-corrected chi connectivity index (χ3v) is 4.23. The molecule has 1 heterocycles. The molecule has 0 aromatic heterocycles. The molecule has 132 valence electrons. The number of hydrogen-bond acceptors (Lipinski definition) is 3. The SMILES string of the molecule is O=C(Nc1ccccc1C(F)(F)F)C1CC(c2ccc(Cl)cc2)NN1. The van der Waals surface area contributed by atoms with Crippen LogP contribution in [-0.4, -0.2) is 11.9 Å². The van der Waals surface area contributed by atoms with Crippen molar-refractivity contribution < 1.29 is 18.0 Å². The molecule has 1 fully saturated rings. The second-order valence-corrected chi connectivity index (χ2v) is 6.15. The van der Waals surface area contributed by atoms with E-state index in [0.717, 1.165) is 11.6 Å². The van der Waals surface area contributed by atoms with Crippen LogP contribution in [0, 0.1) is 0 Å². The highest BCUT2D eigenvalue weighted by Gasteiger charge is 2.35. The number of rotatable bonds is 3. The van der Waals surface area contributed by atoms with Crippen molar-refractivity contribution in [1.82, 2.24) is 10.9 Å². The minimum Gasteiger partial charge on any atom is -0.324 e. The first-order valence-electron chi connectivity index (χ1n) is 7.58. The van der Waals surface area contributed by atoms with Crippen molar-refractivity contribution in [3.05, 3.63) is 64.7 Å².